The number of carbonyl (C=O) groups excluding carboxylic acids is 2. The first-order valence-corrected chi connectivity index (χ1v) is 8.72. The van der Waals surface area contributed by atoms with E-state index in [0.29, 0.717) is 29.0 Å². The highest BCUT2D eigenvalue weighted by atomic mass is 16.5. The first kappa shape index (κ1) is 20.3. The van der Waals surface area contributed by atoms with Gasteiger partial charge in [0.1, 0.15) is 22.6 Å². The lowest BCUT2D eigenvalue weighted by molar-refractivity contribution is 0.0513. The smallest absolute Gasteiger partial charge is 0.341 e. The van der Waals surface area contributed by atoms with Crippen molar-refractivity contribution in [3.05, 3.63) is 58.7 Å². The maximum absolute atomic E-state index is 12.1. The summed E-state index contributed by atoms with van der Waals surface area (Å²) in [6.45, 7) is 4.08. The molecule has 0 fully saturated rings. The summed E-state index contributed by atoms with van der Waals surface area (Å²) in [6.07, 6.45) is 0.521. The van der Waals surface area contributed by atoms with Gasteiger partial charge in [0.25, 0.3) is 0 Å². The number of benzene rings is 2. The molecule has 2 aromatic rings. The van der Waals surface area contributed by atoms with Gasteiger partial charge in [-0.1, -0.05) is 12.1 Å². The second-order valence-electron chi connectivity index (χ2n) is 5.69. The molecule has 0 amide bonds. The monoisotopic (exact) mass is 372 g/mol. The highest BCUT2D eigenvalue weighted by Gasteiger charge is 2.17. The zero-order valence-corrected chi connectivity index (χ0v) is 16.0. The van der Waals surface area contributed by atoms with Crippen molar-refractivity contribution in [1.29, 1.82) is 0 Å². The highest BCUT2D eigenvalue weighted by Crippen LogP contribution is 2.25. The molecule has 2 rings (SSSR count). The first-order chi connectivity index (χ1) is 13.0. The van der Waals surface area contributed by atoms with Crippen molar-refractivity contribution in [3.8, 4) is 11.5 Å². The summed E-state index contributed by atoms with van der Waals surface area (Å²) in [6, 6.07) is 10.7. The molecule has 0 aliphatic rings. The molecule has 0 bridgehead atoms. The number of carbonyl (C=O) groups is 2. The Morgan fingerprint density at radius 2 is 1.15 bits per heavy atom. The van der Waals surface area contributed by atoms with Crippen LogP contribution in [-0.2, 0) is 15.9 Å². The van der Waals surface area contributed by atoms with E-state index in [1.807, 2.05) is 12.1 Å². The van der Waals surface area contributed by atoms with Crippen LogP contribution in [0.1, 0.15) is 45.7 Å². The Bertz CT molecular complexity index is 745. The van der Waals surface area contributed by atoms with E-state index in [2.05, 4.69) is 0 Å². The molecule has 0 aliphatic heterocycles. The zero-order chi connectivity index (χ0) is 19.8. The quantitative estimate of drug-likeness (QED) is 0.659. The molecule has 0 spiro atoms. The molecule has 0 heterocycles. The standard InChI is InChI=1S/C21H24O6/c1-5-26-20(22)16-12-14(7-9-18(16)24-3)11-15-8-10-19(25-4)17(13-15)21(23)27-6-2/h7-10,12-13H,5-6,11H2,1-4H3. The Labute approximate surface area is 159 Å². The molecule has 6 heteroatoms. The van der Waals surface area contributed by atoms with E-state index in [1.165, 1.54) is 14.2 Å². The predicted octanol–water partition coefficient (Wildman–Crippen LogP) is 3.65. The van der Waals surface area contributed by atoms with Gasteiger partial charge in [0.15, 0.2) is 0 Å². The maximum Gasteiger partial charge on any atom is 0.341 e. The lowest BCUT2D eigenvalue weighted by Crippen LogP contribution is -2.08. The van der Waals surface area contributed by atoms with Crippen LogP contribution in [0.3, 0.4) is 0 Å². The molecule has 0 aromatic heterocycles. The number of rotatable bonds is 8. The zero-order valence-electron chi connectivity index (χ0n) is 16.0. The van der Waals surface area contributed by atoms with Gasteiger partial charge in [-0.15, -0.1) is 0 Å². The van der Waals surface area contributed by atoms with Gasteiger partial charge in [0.2, 0.25) is 0 Å². The summed E-state index contributed by atoms with van der Waals surface area (Å²) in [5.41, 5.74) is 2.52. The van der Waals surface area contributed by atoms with Crippen molar-refractivity contribution in [1.82, 2.24) is 0 Å². The number of hydrogen-bond acceptors (Lipinski definition) is 6. The van der Waals surface area contributed by atoms with Crippen LogP contribution in [-0.4, -0.2) is 39.4 Å². The van der Waals surface area contributed by atoms with E-state index >= 15 is 0 Å². The maximum atomic E-state index is 12.1. The summed E-state index contributed by atoms with van der Waals surface area (Å²) < 4.78 is 20.7. The van der Waals surface area contributed by atoms with Crippen LogP contribution >= 0.6 is 0 Å². The van der Waals surface area contributed by atoms with Crippen molar-refractivity contribution in [3.63, 3.8) is 0 Å². The van der Waals surface area contributed by atoms with Gasteiger partial charge in [0.05, 0.1) is 27.4 Å². The summed E-state index contributed by atoms with van der Waals surface area (Å²) >= 11 is 0. The van der Waals surface area contributed by atoms with Gasteiger partial charge in [0, 0.05) is 0 Å². The Morgan fingerprint density at radius 1 is 0.741 bits per heavy atom. The van der Waals surface area contributed by atoms with Gasteiger partial charge in [-0.25, -0.2) is 9.59 Å². The van der Waals surface area contributed by atoms with Crippen LogP contribution in [0.15, 0.2) is 36.4 Å². The molecular weight excluding hydrogens is 348 g/mol. The van der Waals surface area contributed by atoms with E-state index < -0.39 is 11.9 Å². The van der Waals surface area contributed by atoms with Crippen LogP contribution in [0.5, 0.6) is 11.5 Å². The average Bonchev–Trinajstić information content (AvgIpc) is 2.68. The third kappa shape index (κ3) is 5.00. The minimum atomic E-state index is -0.432. The molecule has 0 atom stereocenters. The lowest BCUT2D eigenvalue weighted by Gasteiger charge is -2.12. The summed E-state index contributed by atoms with van der Waals surface area (Å²) in [4.78, 5) is 24.3. The molecule has 27 heavy (non-hydrogen) atoms. The number of ether oxygens (including phenoxy) is 4. The molecule has 0 N–H and O–H groups in total. The van der Waals surface area contributed by atoms with Gasteiger partial charge in [-0.05, 0) is 55.7 Å². The van der Waals surface area contributed by atoms with E-state index in [4.69, 9.17) is 18.9 Å². The minimum absolute atomic E-state index is 0.285. The van der Waals surface area contributed by atoms with Gasteiger partial charge >= 0.3 is 11.9 Å². The van der Waals surface area contributed by atoms with Crippen LogP contribution in [0, 0.1) is 0 Å². The topological polar surface area (TPSA) is 71.1 Å². The first-order valence-electron chi connectivity index (χ1n) is 8.72. The molecule has 6 nitrogen and oxygen atoms in total. The van der Waals surface area contributed by atoms with E-state index in [1.54, 1.807) is 38.1 Å². The Balaban J connectivity index is 2.33. The van der Waals surface area contributed by atoms with Crippen molar-refractivity contribution >= 4 is 11.9 Å². The second kappa shape index (κ2) is 9.62. The van der Waals surface area contributed by atoms with Crippen LogP contribution in [0.4, 0.5) is 0 Å². The molecular formula is C21H24O6. The summed E-state index contributed by atoms with van der Waals surface area (Å²) in [5.74, 6) is 0.0505. The molecule has 0 unspecified atom stereocenters. The van der Waals surface area contributed by atoms with E-state index in [0.717, 1.165) is 11.1 Å². The fraction of sp³-hybridized carbons (Fsp3) is 0.333. The molecule has 144 valence electrons. The number of esters is 2. The molecule has 2 aromatic carbocycles. The third-order valence-electron chi connectivity index (χ3n) is 3.93. The molecule has 0 saturated heterocycles. The van der Waals surface area contributed by atoms with Crippen molar-refractivity contribution in [2.24, 2.45) is 0 Å². The van der Waals surface area contributed by atoms with Crippen LogP contribution < -0.4 is 9.47 Å². The van der Waals surface area contributed by atoms with E-state index in [9.17, 15) is 9.59 Å². The normalized spacial score (nSPS) is 10.2. The predicted molar refractivity (Wildman–Crippen MR) is 101 cm³/mol. The second-order valence-corrected chi connectivity index (χ2v) is 5.69. The highest BCUT2D eigenvalue weighted by molar-refractivity contribution is 5.93. The molecule has 0 saturated carbocycles. The van der Waals surface area contributed by atoms with E-state index in [-0.39, 0.29) is 13.2 Å². The Morgan fingerprint density at radius 3 is 1.48 bits per heavy atom. The molecule has 0 radical (unpaired) electrons. The minimum Gasteiger partial charge on any atom is -0.496 e. The Kier molecular flexibility index (Phi) is 7.23. The van der Waals surface area contributed by atoms with Crippen LogP contribution in [0.2, 0.25) is 0 Å². The van der Waals surface area contributed by atoms with Gasteiger partial charge in [-0.3, -0.25) is 0 Å². The Hall–Kier alpha value is -3.02. The number of hydrogen-bond donors (Lipinski definition) is 0. The summed E-state index contributed by atoms with van der Waals surface area (Å²) in [5, 5.41) is 0. The fourth-order valence-electron chi connectivity index (χ4n) is 2.70. The third-order valence-corrected chi connectivity index (χ3v) is 3.93. The molecule has 0 aliphatic carbocycles. The number of methoxy groups -OCH3 is 2. The van der Waals surface area contributed by atoms with Gasteiger partial charge < -0.3 is 18.9 Å². The fourth-order valence-corrected chi connectivity index (χ4v) is 2.70. The largest absolute Gasteiger partial charge is 0.496 e. The van der Waals surface area contributed by atoms with Crippen LogP contribution in [0.25, 0.3) is 0 Å². The average molecular weight is 372 g/mol. The van der Waals surface area contributed by atoms with Crippen molar-refractivity contribution in [2.75, 3.05) is 27.4 Å². The lowest BCUT2D eigenvalue weighted by atomic mass is 10.00. The van der Waals surface area contributed by atoms with Crippen molar-refractivity contribution in [2.45, 2.75) is 20.3 Å². The van der Waals surface area contributed by atoms with Gasteiger partial charge in [-0.2, -0.15) is 0 Å². The SMILES string of the molecule is CCOC(=O)c1cc(Cc2ccc(OC)c(C(=O)OCC)c2)ccc1OC. The van der Waals surface area contributed by atoms with Crippen molar-refractivity contribution < 1.29 is 28.5 Å². The summed E-state index contributed by atoms with van der Waals surface area (Å²) in [7, 11) is 3.01.